The van der Waals surface area contributed by atoms with E-state index in [1.54, 1.807) is 59.4 Å². The molecule has 0 N–H and O–H groups in total. The first kappa shape index (κ1) is 20.7. The van der Waals surface area contributed by atoms with Crippen molar-refractivity contribution in [2.45, 2.75) is 29.6 Å². The van der Waals surface area contributed by atoms with Crippen LogP contribution in [0.15, 0.2) is 89.0 Å². The molecule has 0 unspecified atom stereocenters. The van der Waals surface area contributed by atoms with E-state index in [9.17, 15) is 18.0 Å². The Labute approximate surface area is 180 Å². The first-order valence-electron chi connectivity index (χ1n) is 9.75. The van der Waals surface area contributed by atoms with E-state index < -0.39 is 9.84 Å². The summed E-state index contributed by atoms with van der Waals surface area (Å²) in [5.74, 6) is -0.183. The number of carbonyl (C=O) groups is 2. The molecule has 0 aliphatic heterocycles. The molecule has 156 valence electrons. The maximum atomic E-state index is 12.9. The molecule has 4 aromatic rings. The van der Waals surface area contributed by atoms with Crippen molar-refractivity contribution in [3.8, 4) is 0 Å². The number of pyridine rings is 1. The van der Waals surface area contributed by atoms with Crippen molar-refractivity contribution in [2.75, 3.05) is 0 Å². The standard InChI is InChI=1S/C24H20N2O4S/c1-17(27)19-3-2-4-22(15-19)31(29,30)21-9-5-18(6-10-21)7-11-23(28)20-8-12-24-25-13-14-26(24)16-20/h2-6,8-10,12-16H,7,11H2,1H3. The molecule has 0 atom stereocenters. The average Bonchev–Trinajstić information content (AvgIpc) is 3.25. The molecule has 2 aromatic heterocycles. The fourth-order valence-corrected chi connectivity index (χ4v) is 4.65. The van der Waals surface area contributed by atoms with E-state index >= 15 is 0 Å². The van der Waals surface area contributed by atoms with Gasteiger partial charge in [0.1, 0.15) is 5.65 Å². The maximum absolute atomic E-state index is 12.9. The molecule has 0 saturated heterocycles. The summed E-state index contributed by atoms with van der Waals surface area (Å²) < 4.78 is 27.6. The molecule has 7 heteroatoms. The van der Waals surface area contributed by atoms with Gasteiger partial charge in [0.15, 0.2) is 11.6 Å². The number of imidazole rings is 1. The van der Waals surface area contributed by atoms with Gasteiger partial charge >= 0.3 is 0 Å². The minimum Gasteiger partial charge on any atom is -0.306 e. The highest BCUT2D eigenvalue weighted by atomic mass is 32.2. The fraction of sp³-hybridized carbons (Fsp3) is 0.125. The zero-order valence-electron chi connectivity index (χ0n) is 16.9. The predicted molar refractivity (Wildman–Crippen MR) is 116 cm³/mol. The van der Waals surface area contributed by atoms with E-state index in [1.807, 2.05) is 0 Å². The zero-order chi connectivity index (χ0) is 22.0. The molecule has 0 aliphatic rings. The number of hydrogen-bond acceptors (Lipinski definition) is 5. The van der Waals surface area contributed by atoms with Gasteiger partial charge in [-0.1, -0.05) is 24.3 Å². The SMILES string of the molecule is CC(=O)c1cccc(S(=O)(=O)c2ccc(CCC(=O)c3ccc4nccn4c3)cc2)c1. The number of sulfone groups is 1. The van der Waals surface area contributed by atoms with E-state index in [1.165, 1.54) is 31.2 Å². The molecule has 2 aromatic carbocycles. The molecule has 0 radical (unpaired) electrons. The van der Waals surface area contributed by atoms with Gasteiger partial charge in [0.2, 0.25) is 9.84 Å². The molecule has 2 heterocycles. The Hall–Kier alpha value is -3.58. The lowest BCUT2D eigenvalue weighted by Gasteiger charge is -2.08. The minimum atomic E-state index is -3.73. The van der Waals surface area contributed by atoms with E-state index in [4.69, 9.17) is 0 Å². The van der Waals surface area contributed by atoms with Gasteiger partial charge in [-0.15, -0.1) is 0 Å². The first-order chi connectivity index (χ1) is 14.8. The highest BCUT2D eigenvalue weighted by molar-refractivity contribution is 7.91. The van der Waals surface area contributed by atoms with Crippen molar-refractivity contribution in [1.29, 1.82) is 0 Å². The summed E-state index contributed by atoms with van der Waals surface area (Å²) in [6, 6.07) is 16.1. The van der Waals surface area contributed by atoms with Crippen molar-refractivity contribution in [2.24, 2.45) is 0 Å². The first-order valence-corrected chi connectivity index (χ1v) is 11.2. The minimum absolute atomic E-state index is 0.00773. The van der Waals surface area contributed by atoms with Gasteiger partial charge in [-0.05, 0) is 55.3 Å². The summed E-state index contributed by atoms with van der Waals surface area (Å²) in [7, 11) is -3.73. The number of rotatable bonds is 7. The van der Waals surface area contributed by atoms with Crippen LogP contribution < -0.4 is 0 Å². The summed E-state index contributed by atoms with van der Waals surface area (Å²) in [6.07, 6.45) is 6.04. The summed E-state index contributed by atoms with van der Waals surface area (Å²) >= 11 is 0. The maximum Gasteiger partial charge on any atom is 0.206 e. The number of nitrogens with zero attached hydrogens (tertiary/aromatic N) is 2. The molecule has 0 aliphatic carbocycles. The Morgan fingerprint density at radius 3 is 2.45 bits per heavy atom. The largest absolute Gasteiger partial charge is 0.306 e. The van der Waals surface area contributed by atoms with Gasteiger partial charge in [-0.25, -0.2) is 13.4 Å². The summed E-state index contributed by atoms with van der Waals surface area (Å²) in [4.78, 5) is 28.5. The molecule has 6 nitrogen and oxygen atoms in total. The number of aromatic nitrogens is 2. The van der Waals surface area contributed by atoms with Crippen LogP contribution in [0, 0.1) is 0 Å². The van der Waals surface area contributed by atoms with Crippen molar-refractivity contribution < 1.29 is 18.0 Å². The Bertz CT molecular complexity index is 1390. The number of aryl methyl sites for hydroxylation is 1. The highest BCUT2D eigenvalue weighted by Crippen LogP contribution is 2.23. The third kappa shape index (κ3) is 4.32. The molecular weight excluding hydrogens is 412 g/mol. The third-order valence-corrected chi connectivity index (χ3v) is 6.90. The Kier molecular flexibility index (Phi) is 5.52. The quantitative estimate of drug-likeness (QED) is 0.409. The van der Waals surface area contributed by atoms with Crippen LogP contribution in [0.4, 0.5) is 0 Å². The van der Waals surface area contributed by atoms with E-state index in [0.29, 0.717) is 24.0 Å². The molecule has 4 rings (SSSR count). The zero-order valence-corrected chi connectivity index (χ0v) is 17.7. The normalized spacial score (nSPS) is 11.5. The molecular formula is C24H20N2O4S. The number of Topliss-reactive ketones (excluding diaryl/α,β-unsaturated/α-hetero) is 2. The summed E-state index contributed by atoms with van der Waals surface area (Å²) in [5, 5.41) is 0. The Morgan fingerprint density at radius 1 is 0.935 bits per heavy atom. The van der Waals surface area contributed by atoms with Crippen LogP contribution in [-0.4, -0.2) is 29.4 Å². The van der Waals surface area contributed by atoms with E-state index in [-0.39, 0.29) is 21.4 Å². The molecule has 0 amide bonds. The van der Waals surface area contributed by atoms with Crippen LogP contribution in [0.5, 0.6) is 0 Å². The van der Waals surface area contributed by atoms with Crippen molar-refractivity contribution in [3.05, 3.63) is 95.9 Å². The molecule has 0 saturated carbocycles. The van der Waals surface area contributed by atoms with Crippen LogP contribution in [0.1, 0.15) is 39.6 Å². The number of ketones is 2. The van der Waals surface area contributed by atoms with E-state index in [2.05, 4.69) is 4.98 Å². The average molecular weight is 433 g/mol. The second-order valence-electron chi connectivity index (χ2n) is 7.27. The molecule has 0 spiro atoms. The second kappa shape index (κ2) is 8.28. The van der Waals surface area contributed by atoms with Crippen LogP contribution in [0.2, 0.25) is 0 Å². The number of fused-ring (bicyclic) bond motifs is 1. The van der Waals surface area contributed by atoms with Gasteiger partial charge in [-0.2, -0.15) is 0 Å². The Balaban J connectivity index is 1.47. The number of benzene rings is 2. The number of carbonyl (C=O) groups excluding carboxylic acids is 2. The molecule has 0 fully saturated rings. The van der Waals surface area contributed by atoms with Crippen molar-refractivity contribution >= 4 is 27.1 Å². The van der Waals surface area contributed by atoms with Crippen LogP contribution >= 0.6 is 0 Å². The molecule has 31 heavy (non-hydrogen) atoms. The fourth-order valence-electron chi connectivity index (χ4n) is 3.34. The summed E-state index contributed by atoms with van der Waals surface area (Å²) in [5.41, 5.74) is 2.61. The van der Waals surface area contributed by atoms with Gasteiger partial charge < -0.3 is 4.40 Å². The lowest BCUT2D eigenvalue weighted by molar-refractivity contribution is 0.0980. The monoisotopic (exact) mass is 432 g/mol. The predicted octanol–water partition coefficient (Wildman–Crippen LogP) is 4.19. The van der Waals surface area contributed by atoms with Crippen molar-refractivity contribution in [1.82, 2.24) is 9.38 Å². The smallest absolute Gasteiger partial charge is 0.206 e. The van der Waals surface area contributed by atoms with E-state index in [0.717, 1.165) is 11.2 Å². The topological polar surface area (TPSA) is 85.6 Å². The van der Waals surface area contributed by atoms with Gasteiger partial charge in [0.05, 0.1) is 9.79 Å². The van der Waals surface area contributed by atoms with Crippen LogP contribution in [0.25, 0.3) is 5.65 Å². The lowest BCUT2D eigenvalue weighted by Crippen LogP contribution is -2.05. The van der Waals surface area contributed by atoms with Gasteiger partial charge in [0, 0.05) is 36.1 Å². The van der Waals surface area contributed by atoms with Gasteiger partial charge in [-0.3, -0.25) is 9.59 Å². The highest BCUT2D eigenvalue weighted by Gasteiger charge is 2.18. The summed E-state index contributed by atoms with van der Waals surface area (Å²) in [6.45, 7) is 1.40. The van der Waals surface area contributed by atoms with Crippen LogP contribution in [-0.2, 0) is 16.3 Å². The second-order valence-corrected chi connectivity index (χ2v) is 9.21. The molecule has 0 bridgehead atoms. The van der Waals surface area contributed by atoms with Crippen LogP contribution in [0.3, 0.4) is 0 Å². The number of hydrogen-bond donors (Lipinski definition) is 0. The van der Waals surface area contributed by atoms with Gasteiger partial charge in [0.25, 0.3) is 0 Å². The lowest BCUT2D eigenvalue weighted by atomic mass is 10.0. The van der Waals surface area contributed by atoms with Crippen molar-refractivity contribution in [3.63, 3.8) is 0 Å². The Morgan fingerprint density at radius 2 is 1.71 bits per heavy atom. The third-order valence-electron chi connectivity index (χ3n) is 5.14.